The summed E-state index contributed by atoms with van der Waals surface area (Å²) in [5, 5.41) is 14.0. The molecular weight excluding hydrogens is 312 g/mol. The van der Waals surface area contributed by atoms with Gasteiger partial charge in [0, 0.05) is 25.0 Å². The van der Waals surface area contributed by atoms with E-state index in [1.54, 1.807) is 11.3 Å². The minimum atomic E-state index is -1.02. The van der Waals surface area contributed by atoms with Crippen LogP contribution < -0.4 is 4.74 Å². The lowest BCUT2D eigenvalue weighted by atomic mass is 10.1. The zero-order valence-electron chi connectivity index (χ0n) is 13.3. The highest BCUT2D eigenvalue weighted by molar-refractivity contribution is 7.09. The Morgan fingerprint density at radius 3 is 2.96 bits per heavy atom. The fraction of sp³-hybridized carbons (Fsp3) is 0.471. The first-order valence-electron chi connectivity index (χ1n) is 7.74. The number of aryl methyl sites for hydroxylation is 1. The Morgan fingerprint density at radius 1 is 1.39 bits per heavy atom. The number of hydrogen-bond donors (Lipinski definition) is 1. The van der Waals surface area contributed by atoms with Crippen molar-refractivity contribution in [1.82, 2.24) is 9.88 Å². The topological polar surface area (TPSA) is 54.8 Å². The summed E-state index contributed by atoms with van der Waals surface area (Å²) in [6.45, 7) is 5.12. The van der Waals surface area contributed by atoms with Gasteiger partial charge in [0.25, 0.3) is 0 Å². The van der Waals surface area contributed by atoms with E-state index in [0.717, 1.165) is 29.5 Å². The SMILES string of the molecule is Cc1nc(CN2CCOCC(O)(COc3ccccc3)C2)cs1. The first-order chi connectivity index (χ1) is 11.1. The van der Waals surface area contributed by atoms with Crippen molar-refractivity contribution in [2.24, 2.45) is 0 Å². The third-order valence-corrected chi connectivity index (χ3v) is 4.57. The van der Waals surface area contributed by atoms with Gasteiger partial charge in [0.05, 0.1) is 23.9 Å². The van der Waals surface area contributed by atoms with Crippen LogP contribution in [0.2, 0.25) is 0 Å². The fourth-order valence-electron chi connectivity index (χ4n) is 2.66. The molecule has 0 bridgehead atoms. The molecule has 23 heavy (non-hydrogen) atoms. The minimum absolute atomic E-state index is 0.212. The van der Waals surface area contributed by atoms with Gasteiger partial charge in [-0.1, -0.05) is 18.2 Å². The van der Waals surface area contributed by atoms with Gasteiger partial charge in [-0.05, 0) is 19.1 Å². The molecule has 1 atom stereocenters. The van der Waals surface area contributed by atoms with Crippen molar-refractivity contribution in [3.63, 3.8) is 0 Å². The van der Waals surface area contributed by atoms with Crippen molar-refractivity contribution < 1.29 is 14.6 Å². The molecule has 1 aromatic heterocycles. The van der Waals surface area contributed by atoms with E-state index in [1.165, 1.54) is 0 Å². The van der Waals surface area contributed by atoms with Gasteiger partial charge in [-0.3, -0.25) is 4.90 Å². The maximum absolute atomic E-state index is 10.9. The maximum Gasteiger partial charge on any atom is 0.134 e. The van der Waals surface area contributed by atoms with Crippen molar-refractivity contribution in [2.75, 3.05) is 32.9 Å². The highest BCUT2D eigenvalue weighted by Crippen LogP contribution is 2.18. The van der Waals surface area contributed by atoms with Crippen LogP contribution in [0.3, 0.4) is 0 Å². The molecule has 3 rings (SSSR count). The molecule has 1 N–H and O–H groups in total. The van der Waals surface area contributed by atoms with Crippen LogP contribution in [-0.4, -0.2) is 53.5 Å². The molecule has 1 aliphatic heterocycles. The van der Waals surface area contributed by atoms with Gasteiger partial charge in [0.15, 0.2) is 0 Å². The number of hydrogen-bond acceptors (Lipinski definition) is 6. The first-order valence-corrected chi connectivity index (χ1v) is 8.62. The van der Waals surface area contributed by atoms with Crippen molar-refractivity contribution in [1.29, 1.82) is 0 Å². The van der Waals surface area contributed by atoms with E-state index in [-0.39, 0.29) is 13.2 Å². The summed E-state index contributed by atoms with van der Waals surface area (Å²) in [6.07, 6.45) is 0. The van der Waals surface area contributed by atoms with E-state index in [9.17, 15) is 5.11 Å². The fourth-order valence-corrected chi connectivity index (χ4v) is 3.27. The second kappa shape index (κ2) is 7.40. The number of rotatable bonds is 5. The molecule has 0 saturated carbocycles. The molecule has 5 nitrogen and oxygen atoms in total. The van der Waals surface area contributed by atoms with Crippen LogP contribution >= 0.6 is 11.3 Å². The molecule has 1 saturated heterocycles. The third-order valence-electron chi connectivity index (χ3n) is 3.74. The number of aromatic nitrogens is 1. The second-order valence-corrected chi connectivity index (χ2v) is 7.01. The van der Waals surface area contributed by atoms with Crippen molar-refractivity contribution in [3.05, 3.63) is 46.4 Å². The summed E-state index contributed by atoms with van der Waals surface area (Å²) in [5.41, 5.74) is 0.0259. The van der Waals surface area contributed by atoms with Gasteiger partial charge >= 0.3 is 0 Å². The Hall–Kier alpha value is -1.47. The Labute approximate surface area is 140 Å². The molecule has 0 spiro atoms. The van der Waals surface area contributed by atoms with Gasteiger partial charge in [-0.2, -0.15) is 0 Å². The predicted octanol–water partition coefficient (Wildman–Crippen LogP) is 2.09. The minimum Gasteiger partial charge on any atom is -0.490 e. The molecule has 2 aromatic rings. The zero-order valence-corrected chi connectivity index (χ0v) is 14.1. The Bertz CT molecular complexity index is 619. The number of ether oxygens (including phenoxy) is 2. The summed E-state index contributed by atoms with van der Waals surface area (Å²) in [7, 11) is 0. The van der Waals surface area contributed by atoms with E-state index >= 15 is 0 Å². The molecule has 0 radical (unpaired) electrons. The van der Waals surface area contributed by atoms with E-state index in [4.69, 9.17) is 9.47 Å². The normalized spacial score (nSPS) is 22.7. The number of benzene rings is 1. The van der Waals surface area contributed by atoms with Crippen LogP contribution in [0.15, 0.2) is 35.7 Å². The number of nitrogens with zero attached hydrogens (tertiary/aromatic N) is 2. The Morgan fingerprint density at radius 2 is 2.22 bits per heavy atom. The quantitative estimate of drug-likeness (QED) is 0.907. The summed E-state index contributed by atoms with van der Waals surface area (Å²) in [4.78, 5) is 6.68. The third kappa shape index (κ3) is 4.75. The Balaban J connectivity index is 1.61. The number of thiazole rings is 1. The van der Waals surface area contributed by atoms with E-state index < -0.39 is 5.60 Å². The largest absolute Gasteiger partial charge is 0.490 e. The van der Waals surface area contributed by atoms with Crippen LogP contribution in [0.4, 0.5) is 0 Å². The number of β-amino-alcohol motifs (C(OH)–C–C–N with tert-alkyl or cyclic N) is 1. The first kappa shape index (κ1) is 16.4. The number of aliphatic hydroxyl groups is 1. The average molecular weight is 334 g/mol. The van der Waals surface area contributed by atoms with Gasteiger partial charge in [-0.25, -0.2) is 4.98 Å². The molecule has 6 heteroatoms. The monoisotopic (exact) mass is 334 g/mol. The molecule has 124 valence electrons. The van der Waals surface area contributed by atoms with Crippen LogP contribution in [0.25, 0.3) is 0 Å². The number of para-hydroxylation sites is 1. The molecule has 0 aliphatic carbocycles. The van der Waals surface area contributed by atoms with Crippen LogP contribution in [-0.2, 0) is 11.3 Å². The highest BCUT2D eigenvalue weighted by Gasteiger charge is 2.33. The Kier molecular flexibility index (Phi) is 5.27. The summed E-state index contributed by atoms with van der Waals surface area (Å²) >= 11 is 1.65. The lowest BCUT2D eigenvalue weighted by molar-refractivity contribution is -0.0647. The van der Waals surface area contributed by atoms with Gasteiger partial charge in [0.1, 0.15) is 18.0 Å². The molecule has 2 heterocycles. The van der Waals surface area contributed by atoms with Crippen LogP contribution in [0.5, 0.6) is 5.75 Å². The standard InChI is InChI=1S/C17H22N2O3S/c1-14-18-15(10-23-14)9-19-7-8-21-12-17(20,11-19)13-22-16-5-3-2-4-6-16/h2-6,10,20H,7-9,11-13H2,1H3. The summed E-state index contributed by atoms with van der Waals surface area (Å²) in [6, 6.07) is 9.54. The molecule has 1 aromatic carbocycles. The van der Waals surface area contributed by atoms with Crippen LogP contribution in [0.1, 0.15) is 10.7 Å². The second-order valence-electron chi connectivity index (χ2n) is 5.95. The van der Waals surface area contributed by atoms with E-state index in [2.05, 4.69) is 15.3 Å². The summed E-state index contributed by atoms with van der Waals surface area (Å²) < 4.78 is 11.3. The average Bonchev–Trinajstić information content (AvgIpc) is 2.86. The zero-order chi connectivity index (χ0) is 16.1. The lowest BCUT2D eigenvalue weighted by Crippen LogP contribution is -2.48. The van der Waals surface area contributed by atoms with Crippen molar-refractivity contribution in [3.8, 4) is 5.75 Å². The van der Waals surface area contributed by atoms with Gasteiger partial charge in [0.2, 0.25) is 0 Å². The van der Waals surface area contributed by atoms with Crippen molar-refractivity contribution >= 4 is 11.3 Å². The predicted molar refractivity (Wildman–Crippen MR) is 89.8 cm³/mol. The molecule has 0 amide bonds. The lowest BCUT2D eigenvalue weighted by Gasteiger charge is -2.30. The van der Waals surface area contributed by atoms with Crippen molar-refractivity contribution in [2.45, 2.75) is 19.1 Å². The van der Waals surface area contributed by atoms with Crippen LogP contribution in [0, 0.1) is 6.92 Å². The van der Waals surface area contributed by atoms with E-state index in [1.807, 2.05) is 37.3 Å². The molecule has 1 fully saturated rings. The van der Waals surface area contributed by atoms with E-state index in [0.29, 0.717) is 13.2 Å². The van der Waals surface area contributed by atoms with Gasteiger partial charge < -0.3 is 14.6 Å². The molecular formula is C17H22N2O3S. The maximum atomic E-state index is 10.9. The molecule has 1 unspecified atom stereocenters. The summed E-state index contributed by atoms with van der Waals surface area (Å²) in [5.74, 6) is 0.756. The smallest absolute Gasteiger partial charge is 0.134 e. The molecule has 1 aliphatic rings. The van der Waals surface area contributed by atoms with Gasteiger partial charge in [-0.15, -0.1) is 11.3 Å². The highest BCUT2D eigenvalue weighted by atomic mass is 32.1.